The SMILES string of the molecule is CCC1(O)C(=O)OCc2c1cc1n(c2=O)Cc2cc3ccccc3nc2-1.CS(C)=O. The third-order valence-corrected chi connectivity index (χ3v) is 5.42. The number of rotatable bonds is 1. The first-order valence-electron chi connectivity index (χ1n) is 9.57. The molecular formula is C22H22N2O5S. The Hall–Kier alpha value is -2.84. The molecule has 4 heterocycles. The van der Waals surface area contributed by atoms with Crippen molar-refractivity contribution in [3.05, 3.63) is 63.4 Å². The number of fused-ring (bicyclic) bond motifs is 5. The Morgan fingerprint density at radius 3 is 2.63 bits per heavy atom. The number of aliphatic hydroxyl groups is 1. The summed E-state index contributed by atoms with van der Waals surface area (Å²) in [4.78, 5) is 29.9. The average Bonchev–Trinajstić information content (AvgIpc) is 3.07. The van der Waals surface area contributed by atoms with Crippen LogP contribution in [0.15, 0.2) is 41.2 Å². The minimum atomic E-state index is -1.79. The van der Waals surface area contributed by atoms with Gasteiger partial charge in [0, 0.05) is 39.8 Å². The predicted molar refractivity (Wildman–Crippen MR) is 115 cm³/mol. The molecule has 7 nitrogen and oxygen atoms in total. The molecule has 0 fully saturated rings. The number of para-hydroxylation sites is 1. The number of carbonyl (C=O) groups is 1. The normalized spacial score (nSPS) is 18.9. The second-order valence-electron chi connectivity index (χ2n) is 7.53. The van der Waals surface area contributed by atoms with Crippen molar-refractivity contribution in [1.29, 1.82) is 0 Å². The highest BCUT2D eigenvalue weighted by Gasteiger charge is 2.45. The first kappa shape index (κ1) is 20.4. The molecule has 0 spiro atoms. The Balaban J connectivity index is 0.000000503. The van der Waals surface area contributed by atoms with Gasteiger partial charge in [0.25, 0.3) is 5.56 Å². The van der Waals surface area contributed by atoms with Crippen LogP contribution in [0.3, 0.4) is 0 Å². The molecule has 30 heavy (non-hydrogen) atoms. The van der Waals surface area contributed by atoms with Gasteiger partial charge in [-0.2, -0.15) is 0 Å². The minimum absolute atomic E-state index is 0.110. The maximum atomic E-state index is 13.0. The van der Waals surface area contributed by atoms with Crippen LogP contribution in [0, 0.1) is 0 Å². The summed E-state index contributed by atoms with van der Waals surface area (Å²) in [5.41, 5.74) is 1.81. The Labute approximate surface area is 175 Å². The van der Waals surface area contributed by atoms with E-state index in [0.717, 1.165) is 22.2 Å². The molecule has 2 aliphatic rings. The Bertz CT molecular complexity index is 1260. The van der Waals surface area contributed by atoms with Gasteiger partial charge in [-0.25, -0.2) is 9.78 Å². The summed E-state index contributed by atoms with van der Waals surface area (Å²) in [5.74, 6) is -0.707. The number of hydrogen-bond donors (Lipinski definition) is 1. The zero-order valence-corrected chi connectivity index (χ0v) is 17.8. The maximum absolute atomic E-state index is 13.0. The average molecular weight is 426 g/mol. The fourth-order valence-electron chi connectivity index (χ4n) is 3.93. The molecule has 3 aromatic rings. The summed E-state index contributed by atoms with van der Waals surface area (Å²) in [6.45, 7) is 2.01. The number of cyclic esters (lactones) is 1. The second kappa shape index (κ2) is 7.45. The lowest BCUT2D eigenvalue weighted by molar-refractivity contribution is -0.172. The highest BCUT2D eigenvalue weighted by molar-refractivity contribution is 7.83. The maximum Gasteiger partial charge on any atom is 0.343 e. The van der Waals surface area contributed by atoms with Crippen LogP contribution in [0.25, 0.3) is 22.3 Å². The van der Waals surface area contributed by atoms with Gasteiger partial charge in [0.2, 0.25) is 0 Å². The van der Waals surface area contributed by atoms with E-state index >= 15 is 0 Å². The van der Waals surface area contributed by atoms with Crippen molar-refractivity contribution in [2.24, 2.45) is 0 Å². The molecule has 0 saturated heterocycles. The third kappa shape index (κ3) is 3.16. The summed E-state index contributed by atoms with van der Waals surface area (Å²) < 4.78 is 16.3. The van der Waals surface area contributed by atoms with Crippen LogP contribution in [-0.4, -0.2) is 37.3 Å². The third-order valence-electron chi connectivity index (χ3n) is 5.42. The van der Waals surface area contributed by atoms with Crippen LogP contribution >= 0.6 is 0 Å². The van der Waals surface area contributed by atoms with Gasteiger partial charge in [0.15, 0.2) is 5.60 Å². The fourth-order valence-corrected chi connectivity index (χ4v) is 3.93. The van der Waals surface area contributed by atoms with E-state index in [4.69, 9.17) is 9.72 Å². The number of esters is 1. The topological polar surface area (TPSA) is 98.5 Å². The van der Waals surface area contributed by atoms with Gasteiger partial charge in [0.05, 0.1) is 29.0 Å². The van der Waals surface area contributed by atoms with Crippen molar-refractivity contribution in [1.82, 2.24) is 9.55 Å². The lowest BCUT2D eigenvalue weighted by Crippen LogP contribution is -2.44. The standard InChI is InChI=1S/C20H16N2O4.C2H6OS/c1-2-20(25)14-8-16-17-12(7-11-5-3-4-6-15(11)21-17)9-22(16)18(23)13(14)10-26-19(20)24;1-4(2)3/h3-8,25H,2,9-10H2,1H3;1-2H3. The predicted octanol–water partition coefficient (Wildman–Crippen LogP) is 2.07. The lowest BCUT2D eigenvalue weighted by atomic mass is 9.86. The minimum Gasteiger partial charge on any atom is -0.458 e. The first-order chi connectivity index (χ1) is 14.3. The van der Waals surface area contributed by atoms with Crippen LogP contribution < -0.4 is 5.56 Å². The van der Waals surface area contributed by atoms with Crippen LogP contribution in [0.2, 0.25) is 0 Å². The summed E-state index contributed by atoms with van der Waals surface area (Å²) in [5, 5.41) is 11.8. The van der Waals surface area contributed by atoms with Crippen LogP contribution in [0.4, 0.5) is 0 Å². The molecule has 0 bridgehead atoms. The van der Waals surface area contributed by atoms with E-state index in [1.54, 1.807) is 30.1 Å². The number of aromatic nitrogens is 2. The Morgan fingerprint density at radius 2 is 1.93 bits per heavy atom. The Kier molecular flexibility index (Phi) is 5.07. The van der Waals surface area contributed by atoms with E-state index in [-0.39, 0.29) is 18.6 Å². The molecule has 156 valence electrons. The summed E-state index contributed by atoms with van der Waals surface area (Å²) in [7, 11) is -0.611. The van der Waals surface area contributed by atoms with Crippen LogP contribution in [0.1, 0.15) is 30.0 Å². The second-order valence-corrected chi connectivity index (χ2v) is 9.02. The zero-order chi connectivity index (χ0) is 21.6. The van der Waals surface area contributed by atoms with Crippen molar-refractivity contribution < 1.29 is 18.8 Å². The van der Waals surface area contributed by atoms with Gasteiger partial charge >= 0.3 is 5.97 Å². The molecule has 1 unspecified atom stereocenters. The van der Waals surface area contributed by atoms with Gasteiger partial charge in [-0.15, -0.1) is 0 Å². The number of nitrogens with zero attached hydrogens (tertiary/aromatic N) is 2. The molecule has 2 aromatic heterocycles. The summed E-state index contributed by atoms with van der Waals surface area (Å²) in [6.07, 6.45) is 3.42. The summed E-state index contributed by atoms with van der Waals surface area (Å²) in [6, 6.07) is 11.6. The molecule has 8 heteroatoms. The van der Waals surface area contributed by atoms with Gasteiger partial charge < -0.3 is 14.4 Å². The molecule has 2 aliphatic heterocycles. The van der Waals surface area contributed by atoms with Crippen molar-refractivity contribution in [3.8, 4) is 11.4 Å². The Morgan fingerprint density at radius 1 is 1.23 bits per heavy atom. The molecule has 0 saturated carbocycles. The van der Waals surface area contributed by atoms with Gasteiger partial charge in [-0.3, -0.25) is 9.00 Å². The van der Waals surface area contributed by atoms with E-state index in [1.165, 1.54) is 0 Å². The van der Waals surface area contributed by atoms with E-state index in [9.17, 15) is 18.9 Å². The number of benzene rings is 1. The smallest absolute Gasteiger partial charge is 0.343 e. The molecule has 0 amide bonds. The molecule has 1 atom stereocenters. The number of ether oxygens (including phenoxy) is 1. The first-order valence-corrected chi connectivity index (χ1v) is 11.5. The number of carbonyl (C=O) groups excluding carboxylic acids is 1. The van der Waals surface area contributed by atoms with E-state index in [0.29, 0.717) is 23.4 Å². The molecule has 0 radical (unpaired) electrons. The van der Waals surface area contributed by atoms with Crippen LogP contribution in [-0.2, 0) is 39.1 Å². The lowest BCUT2D eigenvalue weighted by Gasteiger charge is -2.31. The number of pyridine rings is 2. The van der Waals surface area contributed by atoms with Gasteiger partial charge in [0.1, 0.15) is 6.61 Å². The van der Waals surface area contributed by atoms with E-state index in [2.05, 4.69) is 0 Å². The molecule has 5 rings (SSSR count). The molecule has 1 aromatic carbocycles. The summed E-state index contributed by atoms with van der Waals surface area (Å²) >= 11 is 0. The monoisotopic (exact) mass is 426 g/mol. The van der Waals surface area contributed by atoms with Crippen molar-refractivity contribution in [2.75, 3.05) is 12.5 Å². The largest absolute Gasteiger partial charge is 0.458 e. The van der Waals surface area contributed by atoms with E-state index < -0.39 is 22.4 Å². The zero-order valence-electron chi connectivity index (χ0n) is 17.0. The highest BCUT2D eigenvalue weighted by Crippen LogP contribution is 2.38. The molecule has 0 aliphatic carbocycles. The van der Waals surface area contributed by atoms with Crippen molar-refractivity contribution in [2.45, 2.75) is 32.1 Å². The highest BCUT2D eigenvalue weighted by atomic mass is 32.2. The molecular weight excluding hydrogens is 404 g/mol. The van der Waals surface area contributed by atoms with Crippen molar-refractivity contribution >= 4 is 27.7 Å². The van der Waals surface area contributed by atoms with Crippen LogP contribution in [0.5, 0.6) is 0 Å². The van der Waals surface area contributed by atoms with Gasteiger partial charge in [-0.1, -0.05) is 25.1 Å². The quantitative estimate of drug-likeness (QED) is 0.468. The fraction of sp³-hybridized carbons (Fsp3) is 0.318. The van der Waals surface area contributed by atoms with Crippen molar-refractivity contribution in [3.63, 3.8) is 0 Å². The number of hydrogen-bond acceptors (Lipinski definition) is 6. The van der Waals surface area contributed by atoms with E-state index in [1.807, 2.05) is 30.3 Å². The van der Waals surface area contributed by atoms with Gasteiger partial charge in [-0.05, 0) is 24.6 Å². The molecule has 1 N–H and O–H groups in total.